The second-order valence-corrected chi connectivity index (χ2v) is 6.76. The van der Waals surface area contributed by atoms with Crippen molar-refractivity contribution < 1.29 is 14.3 Å². The maximum Gasteiger partial charge on any atom is 0.186 e. The summed E-state index contributed by atoms with van der Waals surface area (Å²) in [7, 11) is 3.16. The van der Waals surface area contributed by atoms with Gasteiger partial charge in [0, 0.05) is 17.1 Å². The van der Waals surface area contributed by atoms with E-state index in [-0.39, 0.29) is 5.78 Å². The van der Waals surface area contributed by atoms with Gasteiger partial charge in [0.25, 0.3) is 0 Å². The SMILES string of the molecule is COc1ccc(OC)c(/C=C2\SC(=N)[C@@H](c3nccs3)C2=O)c1. The van der Waals surface area contributed by atoms with Gasteiger partial charge in [-0.15, -0.1) is 11.3 Å². The molecule has 1 saturated heterocycles. The van der Waals surface area contributed by atoms with Gasteiger partial charge >= 0.3 is 0 Å². The summed E-state index contributed by atoms with van der Waals surface area (Å²) in [6.07, 6.45) is 3.40. The number of thiazole rings is 1. The molecule has 0 spiro atoms. The number of hydrogen-bond donors (Lipinski definition) is 1. The third kappa shape index (κ3) is 3.02. The van der Waals surface area contributed by atoms with Gasteiger partial charge in [-0.1, -0.05) is 11.8 Å². The van der Waals surface area contributed by atoms with Crippen LogP contribution in [0.1, 0.15) is 16.5 Å². The average Bonchev–Trinajstić information content (AvgIpc) is 3.16. The number of aromatic nitrogens is 1. The molecule has 118 valence electrons. The Morgan fingerprint density at radius 3 is 2.78 bits per heavy atom. The molecule has 1 N–H and O–H groups in total. The number of Topliss-reactive ketones (excluding diaryl/α,β-unsaturated/α-hetero) is 1. The van der Waals surface area contributed by atoms with Crippen molar-refractivity contribution in [2.24, 2.45) is 0 Å². The first-order valence-corrected chi connectivity index (χ1v) is 8.47. The molecule has 1 fully saturated rings. The van der Waals surface area contributed by atoms with Crippen LogP contribution in [-0.2, 0) is 4.79 Å². The summed E-state index contributed by atoms with van der Waals surface area (Å²) in [6.45, 7) is 0. The lowest BCUT2D eigenvalue weighted by molar-refractivity contribution is -0.114. The van der Waals surface area contributed by atoms with Crippen LogP contribution in [0, 0.1) is 5.41 Å². The van der Waals surface area contributed by atoms with Crippen LogP contribution in [0.2, 0.25) is 0 Å². The summed E-state index contributed by atoms with van der Waals surface area (Å²) in [5.41, 5.74) is 0.746. The van der Waals surface area contributed by atoms with Gasteiger partial charge in [0.05, 0.1) is 24.2 Å². The number of nitrogens with zero attached hydrogens (tertiary/aromatic N) is 1. The van der Waals surface area contributed by atoms with Crippen LogP contribution in [0.25, 0.3) is 6.08 Å². The molecule has 0 unspecified atom stereocenters. The van der Waals surface area contributed by atoms with Gasteiger partial charge in [-0.2, -0.15) is 0 Å². The highest BCUT2D eigenvalue weighted by Crippen LogP contribution is 2.42. The lowest BCUT2D eigenvalue weighted by Crippen LogP contribution is -2.11. The number of carbonyl (C=O) groups is 1. The normalized spacial score (nSPS) is 19.4. The lowest BCUT2D eigenvalue weighted by Gasteiger charge is -2.07. The fourth-order valence-corrected chi connectivity index (χ4v) is 4.08. The van der Waals surface area contributed by atoms with Crippen molar-refractivity contribution in [3.05, 3.63) is 45.3 Å². The zero-order valence-electron chi connectivity index (χ0n) is 12.5. The van der Waals surface area contributed by atoms with E-state index in [0.29, 0.717) is 26.5 Å². The molecule has 3 rings (SSSR count). The van der Waals surface area contributed by atoms with Crippen LogP contribution < -0.4 is 9.47 Å². The fourth-order valence-electron chi connectivity index (χ4n) is 2.28. The molecule has 1 aliphatic heterocycles. The van der Waals surface area contributed by atoms with Crippen molar-refractivity contribution in [3.8, 4) is 11.5 Å². The van der Waals surface area contributed by atoms with Gasteiger partial charge in [-0.05, 0) is 24.3 Å². The Balaban J connectivity index is 1.98. The minimum absolute atomic E-state index is 0.0974. The van der Waals surface area contributed by atoms with Crippen LogP contribution >= 0.6 is 23.1 Å². The number of nitrogens with one attached hydrogen (secondary N) is 1. The second kappa shape index (κ2) is 6.55. The van der Waals surface area contributed by atoms with E-state index < -0.39 is 5.92 Å². The van der Waals surface area contributed by atoms with Gasteiger partial charge in [0.1, 0.15) is 22.4 Å². The first-order chi connectivity index (χ1) is 11.1. The number of benzene rings is 1. The maximum absolute atomic E-state index is 12.6. The molecular formula is C16H14N2O3S2. The Morgan fingerprint density at radius 1 is 1.30 bits per heavy atom. The molecular weight excluding hydrogens is 332 g/mol. The molecule has 1 aliphatic rings. The molecule has 7 heteroatoms. The number of thioether (sulfide) groups is 1. The predicted octanol–water partition coefficient (Wildman–Crippen LogP) is 3.58. The van der Waals surface area contributed by atoms with Gasteiger partial charge in [0.2, 0.25) is 0 Å². The first-order valence-electron chi connectivity index (χ1n) is 6.77. The highest BCUT2D eigenvalue weighted by molar-refractivity contribution is 8.19. The van der Waals surface area contributed by atoms with Gasteiger partial charge in [0.15, 0.2) is 5.78 Å². The smallest absolute Gasteiger partial charge is 0.186 e. The summed E-state index contributed by atoms with van der Waals surface area (Å²) in [4.78, 5) is 17.3. The van der Waals surface area contributed by atoms with E-state index in [0.717, 1.165) is 5.56 Å². The Bertz CT molecular complexity index is 785. The summed E-state index contributed by atoms with van der Waals surface area (Å²) < 4.78 is 10.6. The van der Waals surface area contributed by atoms with Crippen molar-refractivity contribution in [2.45, 2.75) is 5.92 Å². The number of ketones is 1. The maximum atomic E-state index is 12.6. The second-order valence-electron chi connectivity index (χ2n) is 4.75. The van der Waals surface area contributed by atoms with E-state index in [2.05, 4.69) is 4.98 Å². The van der Waals surface area contributed by atoms with E-state index in [1.165, 1.54) is 23.1 Å². The third-order valence-electron chi connectivity index (χ3n) is 3.41. The minimum atomic E-state index is -0.581. The van der Waals surface area contributed by atoms with Crippen molar-refractivity contribution in [3.63, 3.8) is 0 Å². The van der Waals surface area contributed by atoms with Crippen LogP contribution in [0.3, 0.4) is 0 Å². The molecule has 1 aromatic heterocycles. The zero-order chi connectivity index (χ0) is 16.4. The number of rotatable bonds is 4. The summed E-state index contributed by atoms with van der Waals surface area (Å²) in [5, 5.41) is 10.9. The van der Waals surface area contributed by atoms with E-state index in [9.17, 15) is 4.79 Å². The molecule has 5 nitrogen and oxygen atoms in total. The summed E-state index contributed by atoms with van der Waals surface area (Å²) in [6, 6.07) is 5.39. The van der Waals surface area contributed by atoms with Crippen molar-refractivity contribution in [1.82, 2.24) is 4.98 Å². The van der Waals surface area contributed by atoms with E-state index in [4.69, 9.17) is 14.9 Å². The van der Waals surface area contributed by atoms with Crippen LogP contribution in [-0.4, -0.2) is 30.0 Å². The third-order valence-corrected chi connectivity index (χ3v) is 5.24. The average molecular weight is 346 g/mol. The standard InChI is InChI=1S/C16H14N2O3S2/c1-20-10-3-4-11(21-2)9(7-10)8-12-14(19)13(15(17)23-12)16-18-5-6-22-16/h3-8,13,17H,1-2H3/b12-8-,17-15?/t13-/m0/s1. The monoisotopic (exact) mass is 346 g/mol. The van der Waals surface area contributed by atoms with Crippen LogP contribution in [0.5, 0.6) is 11.5 Å². The largest absolute Gasteiger partial charge is 0.497 e. The van der Waals surface area contributed by atoms with Crippen molar-refractivity contribution in [2.75, 3.05) is 14.2 Å². The molecule has 2 aromatic rings. The number of hydrogen-bond acceptors (Lipinski definition) is 7. The topological polar surface area (TPSA) is 72.3 Å². The van der Waals surface area contributed by atoms with E-state index in [1.54, 1.807) is 44.7 Å². The van der Waals surface area contributed by atoms with Crippen LogP contribution in [0.15, 0.2) is 34.7 Å². The Kier molecular flexibility index (Phi) is 4.49. The van der Waals surface area contributed by atoms with Crippen molar-refractivity contribution in [1.29, 1.82) is 5.41 Å². The highest BCUT2D eigenvalue weighted by atomic mass is 32.2. The molecule has 0 saturated carbocycles. The summed E-state index contributed by atoms with van der Waals surface area (Å²) in [5.74, 6) is 0.651. The van der Waals surface area contributed by atoms with Gasteiger partial charge in [-0.3, -0.25) is 10.2 Å². The number of ether oxygens (including phenoxy) is 2. The predicted molar refractivity (Wildman–Crippen MR) is 92.7 cm³/mol. The Hall–Kier alpha value is -2.12. The lowest BCUT2D eigenvalue weighted by atomic mass is 10.0. The zero-order valence-corrected chi connectivity index (χ0v) is 14.2. The first kappa shape index (κ1) is 15.8. The van der Waals surface area contributed by atoms with Crippen molar-refractivity contribution >= 4 is 40.0 Å². The van der Waals surface area contributed by atoms with Gasteiger partial charge in [-0.25, -0.2) is 4.98 Å². The molecule has 0 aliphatic carbocycles. The molecule has 0 radical (unpaired) electrons. The molecule has 0 amide bonds. The molecule has 1 aromatic carbocycles. The minimum Gasteiger partial charge on any atom is -0.497 e. The molecule has 1 atom stereocenters. The van der Waals surface area contributed by atoms with E-state index >= 15 is 0 Å². The van der Waals surface area contributed by atoms with E-state index in [1.807, 2.05) is 5.38 Å². The Morgan fingerprint density at radius 2 is 2.13 bits per heavy atom. The Labute approximate surface area is 141 Å². The number of allylic oxidation sites excluding steroid dienone is 1. The molecule has 2 heterocycles. The van der Waals surface area contributed by atoms with Gasteiger partial charge < -0.3 is 9.47 Å². The molecule has 23 heavy (non-hydrogen) atoms. The number of methoxy groups -OCH3 is 2. The van der Waals surface area contributed by atoms with Crippen LogP contribution in [0.4, 0.5) is 0 Å². The molecule has 0 bridgehead atoms. The summed E-state index contributed by atoms with van der Waals surface area (Å²) >= 11 is 2.56. The fraction of sp³-hybridized carbons (Fsp3) is 0.188. The highest BCUT2D eigenvalue weighted by Gasteiger charge is 2.38. The number of carbonyl (C=O) groups excluding carboxylic acids is 1. The quantitative estimate of drug-likeness (QED) is 0.857.